The molecule has 1 heterocycles. The van der Waals surface area contributed by atoms with Crippen LogP contribution in [0.3, 0.4) is 0 Å². The lowest BCUT2D eigenvalue weighted by molar-refractivity contribution is -0.140. The van der Waals surface area contributed by atoms with Gasteiger partial charge in [0, 0.05) is 39.0 Å². The van der Waals surface area contributed by atoms with Gasteiger partial charge in [0.1, 0.15) is 0 Å². The van der Waals surface area contributed by atoms with Crippen molar-refractivity contribution in [2.75, 3.05) is 27.2 Å². The third-order valence-corrected chi connectivity index (χ3v) is 3.84. The number of halogens is 3. The van der Waals surface area contributed by atoms with Crippen molar-refractivity contribution in [3.63, 3.8) is 0 Å². The molecule has 1 rings (SSSR count). The van der Waals surface area contributed by atoms with Crippen molar-refractivity contribution in [2.24, 2.45) is 4.99 Å². The lowest BCUT2D eigenvalue weighted by Gasteiger charge is -2.24. The molecule has 1 aromatic rings. The maximum atomic E-state index is 12.4. The molecule has 0 saturated heterocycles. The number of rotatable bonds is 6. The van der Waals surface area contributed by atoms with Crippen molar-refractivity contribution in [1.29, 1.82) is 0 Å². The van der Waals surface area contributed by atoms with E-state index in [0.29, 0.717) is 30.5 Å². The Morgan fingerprint density at radius 3 is 2.55 bits per heavy atom. The first-order valence-corrected chi connectivity index (χ1v) is 7.57. The van der Waals surface area contributed by atoms with Crippen molar-refractivity contribution < 1.29 is 17.9 Å². The zero-order valence-corrected chi connectivity index (χ0v) is 13.9. The van der Waals surface area contributed by atoms with Crippen LogP contribution >= 0.6 is 11.3 Å². The molecule has 0 spiro atoms. The molecule has 0 unspecified atom stereocenters. The van der Waals surface area contributed by atoms with Crippen LogP contribution in [0.1, 0.15) is 24.5 Å². The van der Waals surface area contributed by atoms with Crippen LogP contribution < -0.4 is 10.6 Å². The minimum absolute atomic E-state index is 0.339. The summed E-state index contributed by atoms with van der Waals surface area (Å²) in [6.45, 7) is 4.86. The summed E-state index contributed by atoms with van der Waals surface area (Å²) in [5, 5.41) is 7.59. The third kappa shape index (κ3) is 6.18. The summed E-state index contributed by atoms with van der Waals surface area (Å²) in [4.78, 5) is 7.62. The van der Waals surface area contributed by atoms with Crippen LogP contribution in [0.5, 0.6) is 0 Å². The molecule has 126 valence electrons. The number of nitrogens with one attached hydrogen (secondary N) is 2. The molecule has 0 amide bonds. The summed E-state index contributed by atoms with van der Waals surface area (Å²) < 4.78 is 42.6. The molecule has 0 bridgehead atoms. The van der Waals surface area contributed by atoms with Gasteiger partial charge in [0.05, 0.1) is 10.6 Å². The van der Waals surface area contributed by atoms with Gasteiger partial charge in [0.2, 0.25) is 0 Å². The van der Waals surface area contributed by atoms with Crippen LogP contribution in [0.4, 0.5) is 13.2 Å². The smallest absolute Gasteiger partial charge is 0.377 e. The van der Waals surface area contributed by atoms with Gasteiger partial charge in [0.25, 0.3) is 0 Å². The molecule has 22 heavy (non-hydrogen) atoms. The summed E-state index contributed by atoms with van der Waals surface area (Å²) in [5.41, 5.74) is -1.18. The largest absolute Gasteiger partial charge is 0.434 e. The summed E-state index contributed by atoms with van der Waals surface area (Å²) in [6.07, 6.45) is -3.99. The van der Waals surface area contributed by atoms with E-state index < -0.39 is 11.9 Å². The van der Waals surface area contributed by atoms with E-state index in [2.05, 4.69) is 20.6 Å². The lowest BCUT2D eigenvalue weighted by Crippen LogP contribution is -2.45. The molecule has 0 aromatic carbocycles. The van der Waals surface area contributed by atoms with Crippen LogP contribution in [-0.4, -0.2) is 43.8 Å². The molecule has 0 fully saturated rings. The fraction of sp³-hybridized carbons (Fsp3) is 0.692. The van der Waals surface area contributed by atoms with E-state index in [-0.39, 0.29) is 5.60 Å². The number of alkyl halides is 3. The summed E-state index contributed by atoms with van der Waals surface area (Å²) in [5.74, 6) is 0.567. The van der Waals surface area contributed by atoms with E-state index >= 15 is 0 Å². The van der Waals surface area contributed by atoms with E-state index in [9.17, 15) is 13.2 Å². The van der Waals surface area contributed by atoms with Gasteiger partial charge in [-0.2, -0.15) is 13.2 Å². The van der Waals surface area contributed by atoms with E-state index in [1.54, 1.807) is 14.2 Å². The number of ether oxygens (including phenoxy) is 1. The zero-order chi connectivity index (χ0) is 16.8. The molecule has 5 nitrogen and oxygen atoms in total. The quantitative estimate of drug-likeness (QED) is 0.617. The van der Waals surface area contributed by atoms with Gasteiger partial charge >= 0.3 is 6.18 Å². The van der Waals surface area contributed by atoms with Gasteiger partial charge in [0.15, 0.2) is 11.7 Å². The molecule has 0 saturated carbocycles. The van der Waals surface area contributed by atoms with Gasteiger partial charge in [-0.1, -0.05) is 0 Å². The number of nitrogens with zero attached hydrogens (tertiary/aromatic N) is 2. The van der Waals surface area contributed by atoms with Gasteiger partial charge in [-0.15, -0.1) is 11.3 Å². The molecular weight excluding hydrogens is 317 g/mol. The molecule has 0 atom stereocenters. The maximum absolute atomic E-state index is 12.4. The van der Waals surface area contributed by atoms with Gasteiger partial charge < -0.3 is 15.4 Å². The Bertz CT molecular complexity index is 500. The Morgan fingerprint density at radius 1 is 1.36 bits per heavy atom. The number of aromatic nitrogens is 1. The van der Waals surface area contributed by atoms with Crippen LogP contribution in [0, 0.1) is 0 Å². The summed E-state index contributed by atoms with van der Waals surface area (Å²) in [6, 6.07) is 0. The standard InChI is InChI=1S/C13H21F3N4OS/c1-12(2,21-4)8-19-11(17-3)18-6-5-10-20-9(7-22-10)13(14,15)16/h7H,5-6,8H2,1-4H3,(H2,17,18,19). The SMILES string of the molecule is CN=C(NCCc1nc(C(F)(F)F)cs1)NCC(C)(C)OC. The second-order valence-electron chi connectivity index (χ2n) is 5.19. The van der Waals surface area contributed by atoms with E-state index in [4.69, 9.17) is 4.74 Å². The molecule has 0 radical (unpaired) electrons. The number of aliphatic imine (C=N–C) groups is 1. The zero-order valence-electron chi connectivity index (χ0n) is 13.0. The average Bonchev–Trinajstić information content (AvgIpc) is 2.91. The highest BCUT2D eigenvalue weighted by molar-refractivity contribution is 7.09. The van der Waals surface area contributed by atoms with Crippen molar-refractivity contribution in [3.05, 3.63) is 16.1 Å². The first-order valence-electron chi connectivity index (χ1n) is 6.69. The second-order valence-corrected chi connectivity index (χ2v) is 6.13. The minimum atomic E-state index is -4.38. The lowest BCUT2D eigenvalue weighted by atomic mass is 10.1. The average molecular weight is 338 g/mol. The highest BCUT2D eigenvalue weighted by Gasteiger charge is 2.33. The molecule has 0 aliphatic heterocycles. The van der Waals surface area contributed by atoms with Crippen molar-refractivity contribution in [1.82, 2.24) is 15.6 Å². The Hall–Kier alpha value is -1.35. The highest BCUT2D eigenvalue weighted by Crippen LogP contribution is 2.29. The van der Waals surface area contributed by atoms with E-state index in [1.165, 1.54) is 0 Å². The monoisotopic (exact) mass is 338 g/mol. The molecule has 9 heteroatoms. The predicted octanol–water partition coefficient (Wildman–Crippen LogP) is 2.29. The summed E-state index contributed by atoms with van der Waals surface area (Å²) >= 11 is 1.01. The first-order chi connectivity index (χ1) is 10.2. The molecule has 2 N–H and O–H groups in total. The van der Waals surface area contributed by atoms with Crippen molar-refractivity contribution in [3.8, 4) is 0 Å². The van der Waals surface area contributed by atoms with Crippen LogP contribution in [0.25, 0.3) is 0 Å². The maximum Gasteiger partial charge on any atom is 0.434 e. The Labute approximate surface area is 132 Å². The Kier molecular flexibility index (Phi) is 6.61. The van der Waals surface area contributed by atoms with Crippen LogP contribution in [-0.2, 0) is 17.3 Å². The van der Waals surface area contributed by atoms with Gasteiger partial charge in [-0.25, -0.2) is 4.98 Å². The van der Waals surface area contributed by atoms with Crippen molar-refractivity contribution >= 4 is 17.3 Å². The molecular formula is C13H21F3N4OS. The minimum Gasteiger partial charge on any atom is -0.377 e. The number of thiazole rings is 1. The fourth-order valence-corrected chi connectivity index (χ4v) is 2.24. The molecule has 0 aliphatic carbocycles. The Balaban J connectivity index is 2.40. The highest BCUT2D eigenvalue weighted by atomic mass is 32.1. The van der Waals surface area contributed by atoms with Crippen LogP contribution in [0.15, 0.2) is 10.4 Å². The molecule has 0 aliphatic rings. The molecule has 1 aromatic heterocycles. The van der Waals surface area contributed by atoms with Crippen molar-refractivity contribution in [2.45, 2.75) is 32.0 Å². The van der Waals surface area contributed by atoms with E-state index in [1.807, 2.05) is 13.8 Å². The number of guanidine groups is 1. The van der Waals surface area contributed by atoms with Gasteiger partial charge in [-0.3, -0.25) is 4.99 Å². The van der Waals surface area contributed by atoms with E-state index in [0.717, 1.165) is 16.7 Å². The third-order valence-electron chi connectivity index (χ3n) is 2.93. The topological polar surface area (TPSA) is 58.5 Å². The number of hydrogen-bond donors (Lipinski definition) is 2. The second kappa shape index (κ2) is 7.77. The number of hydrogen-bond acceptors (Lipinski definition) is 4. The number of methoxy groups -OCH3 is 1. The predicted molar refractivity (Wildman–Crippen MR) is 81.3 cm³/mol. The first kappa shape index (κ1) is 18.7. The summed E-state index contributed by atoms with van der Waals surface area (Å²) in [7, 11) is 3.25. The van der Waals surface area contributed by atoms with Gasteiger partial charge in [-0.05, 0) is 13.8 Å². The van der Waals surface area contributed by atoms with Crippen LogP contribution in [0.2, 0.25) is 0 Å². The fourth-order valence-electron chi connectivity index (χ4n) is 1.43. The Morgan fingerprint density at radius 2 is 2.05 bits per heavy atom. The normalized spacial score (nSPS) is 13.3.